The Labute approximate surface area is 209 Å². The number of nitriles is 1. The van der Waals surface area contributed by atoms with Gasteiger partial charge in [-0.15, -0.1) is 0 Å². The number of aromatic hydroxyl groups is 1. The summed E-state index contributed by atoms with van der Waals surface area (Å²) in [5.74, 6) is 0.254. The molecule has 1 atom stereocenters. The lowest BCUT2D eigenvalue weighted by Crippen LogP contribution is -2.48. The van der Waals surface area contributed by atoms with E-state index in [1.807, 2.05) is 51.1 Å². The molecular formula is C28H38N4O3. The van der Waals surface area contributed by atoms with E-state index in [-0.39, 0.29) is 11.8 Å². The summed E-state index contributed by atoms with van der Waals surface area (Å²) < 4.78 is 5.32. The zero-order valence-electron chi connectivity index (χ0n) is 21.3. The predicted molar refractivity (Wildman–Crippen MR) is 138 cm³/mol. The van der Waals surface area contributed by atoms with Crippen molar-refractivity contribution in [1.29, 1.82) is 5.26 Å². The normalized spacial score (nSPS) is 15.7. The van der Waals surface area contributed by atoms with Gasteiger partial charge in [-0.2, -0.15) is 5.26 Å². The highest BCUT2D eigenvalue weighted by Crippen LogP contribution is 2.28. The standard InChI is InChI=1S/C28H38N4O3/c1-21(12-15-30-27(34)35-28(2,3)4)31-16-13-25(14-17-31)32(24-8-10-26(33)11-9-24)20-23-7-5-6-22(18-23)19-29/h5-11,18,21,25,33H,12-17,20H2,1-4H3,(H,30,34). The zero-order valence-corrected chi connectivity index (χ0v) is 21.3. The molecule has 1 heterocycles. The number of phenolic OH excluding ortho intramolecular Hbond substituents is 1. The van der Waals surface area contributed by atoms with Gasteiger partial charge in [-0.3, -0.25) is 0 Å². The van der Waals surface area contributed by atoms with Gasteiger partial charge in [-0.1, -0.05) is 12.1 Å². The molecule has 2 N–H and O–H groups in total. The smallest absolute Gasteiger partial charge is 0.407 e. The Bertz CT molecular complexity index is 1000. The molecule has 188 valence electrons. The fraction of sp³-hybridized carbons (Fsp3) is 0.500. The molecule has 1 aliphatic heterocycles. The molecule has 35 heavy (non-hydrogen) atoms. The third-order valence-electron chi connectivity index (χ3n) is 6.38. The minimum atomic E-state index is -0.489. The van der Waals surface area contributed by atoms with Gasteiger partial charge >= 0.3 is 6.09 Å². The van der Waals surface area contributed by atoms with Crippen LogP contribution >= 0.6 is 0 Å². The minimum Gasteiger partial charge on any atom is -0.508 e. The SMILES string of the molecule is CC(CCNC(=O)OC(C)(C)C)N1CCC(N(Cc2cccc(C#N)c2)c2ccc(O)cc2)CC1. The van der Waals surface area contributed by atoms with Gasteiger partial charge in [0.25, 0.3) is 0 Å². The molecule has 1 saturated heterocycles. The van der Waals surface area contributed by atoms with Crippen LogP contribution in [0.4, 0.5) is 10.5 Å². The number of hydrogen-bond acceptors (Lipinski definition) is 6. The Hall–Kier alpha value is -3.24. The average molecular weight is 479 g/mol. The Morgan fingerprint density at radius 2 is 1.91 bits per heavy atom. The van der Waals surface area contributed by atoms with E-state index in [4.69, 9.17) is 4.74 Å². The van der Waals surface area contributed by atoms with E-state index in [0.717, 1.165) is 43.6 Å². The van der Waals surface area contributed by atoms with Crippen LogP contribution in [0.15, 0.2) is 48.5 Å². The highest BCUT2D eigenvalue weighted by molar-refractivity contribution is 5.67. The van der Waals surface area contributed by atoms with Crippen LogP contribution < -0.4 is 10.2 Å². The lowest BCUT2D eigenvalue weighted by molar-refractivity contribution is 0.0521. The maximum atomic E-state index is 11.9. The predicted octanol–water partition coefficient (Wildman–Crippen LogP) is 5.04. The maximum Gasteiger partial charge on any atom is 0.407 e. The van der Waals surface area contributed by atoms with Crippen LogP contribution in [0, 0.1) is 11.3 Å². The van der Waals surface area contributed by atoms with Crippen molar-refractivity contribution in [2.45, 2.75) is 71.2 Å². The molecule has 0 bridgehead atoms. The second kappa shape index (κ2) is 11.9. The number of rotatable bonds is 8. The van der Waals surface area contributed by atoms with Crippen LogP contribution in [0.5, 0.6) is 5.75 Å². The van der Waals surface area contributed by atoms with E-state index in [2.05, 4.69) is 34.2 Å². The van der Waals surface area contributed by atoms with Crippen molar-refractivity contribution >= 4 is 11.8 Å². The lowest BCUT2D eigenvalue weighted by Gasteiger charge is -2.42. The first-order chi connectivity index (χ1) is 16.6. The molecule has 0 radical (unpaired) electrons. The first-order valence-corrected chi connectivity index (χ1v) is 12.4. The van der Waals surface area contributed by atoms with Crippen molar-refractivity contribution in [3.63, 3.8) is 0 Å². The van der Waals surface area contributed by atoms with Gasteiger partial charge in [-0.05, 0) is 88.9 Å². The third-order valence-corrected chi connectivity index (χ3v) is 6.38. The number of carbonyl (C=O) groups excluding carboxylic acids is 1. The molecule has 1 aliphatic rings. The van der Waals surface area contributed by atoms with Gasteiger partial charge in [-0.25, -0.2) is 4.79 Å². The van der Waals surface area contributed by atoms with E-state index in [1.54, 1.807) is 12.1 Å². The molecule has 0 aliphatic carbocycles. The Kier molecular flexibility index (Phi) is 9.00. The molecule has 0 spiro atoms. The van der Waals surface area contributed by atoms with E-state index in [1.165, 1.54) is 0 Å². The summed E-state index contributed by atoms with van der Waals surface area (Å²) in [6, 6.07) is 18.1. The van der Waals surface area contributed by atoms with Crippen LogP contribution in [0.1, 0.15) is 58.1 Å². The molecular weight excluding hydrogens is 440 g/mol. The fourth-order valence-corrected chi connectivity index (χ4v) is 4.53. The van der Waals surface area contributed by atoms with Crippen molar-refractivity contribution in [2.24, 2.45) is 0 Å². The van der Waals surface area contributed by atoms with Crippen molar-refractivity contribution in [3.05, 3.63) is 59.7 Å². The quantitative estimate of drug-likeness (QED) is 0.553. The van der Waals surface area contributed by atoms with Crippen molar-refractivity contribution < 1.29 is 14.6 Å². The summed E-state index contributed by atoms with van der Waals surface area (Å²) in [5.41, 5.74) is 2.34. The van der Waals surface area contributed by atoms with Crippen LogP contribution in [0.2, 0.25) is 0 Å². The van der Waals surface area contributed by atoms with Gasteiger partial charge < -0.3 is 25.0 Å². The number of piperidine rings is 1. The number of anilines is 1. The van der Waals surface area contributed by atoms with E-state index < -0.39 is 5.60 Å². The number of nitrogens with zero attached hydrogens (tertiary/aromatic N) is 3. The number of alkyl carbamates (subject to hydrolysis) is 1. The van der Waals surface area contributed by atoms with Crippen LogP contribution in [0.25, 0.3) is 0 Å². The number of carbonyl (C=O) groups is 1. The summed E-state index contributed by atoms with van der Waals surface area (Å²) in [6.45, 7) is 11.0. The minimum absolute atomic E-state index is 0.254. The lowest BCUT2D eigenvalue weighted by atomic mass is 9.99. The molecule has 1 amide bonds. The van der Waals surface area contributed by atoms with Crippen molar-refractivity contribution in [3.8, 4) is 11.8 Å². The van der Waals surface area contributed by atoms with Gasteiger partial charge in [0, 0.05) is 44.0 Å². The largest absolute Gasteiger partial charge is 0.508 e. The number of likely N-dealkylation sites (tertiary alicyclic amines) is 1. The number of amides is 1. The number of ether oxygens (including phenoxy) is 1. The number of nitrogens with one attached hydrogen (secondary N) is 1. The molecule has 2 aromatic rings. The molecule has 1 unspecified atom stereocenters. The molecule has 0 aromatic heterocycles. The molecule has 7 heteroatoms. The average Bonchev–Trinajstić information content (AvgIpc) is 2.82. The first kappa shape index (κ1) is 26.4. The Morgan fingerprint density at radius 1 is 1.23 bits per heavy atom. The Balaban J connectivity index is 1.58. The molecule has 7 nitrogen and oxygen atoms in total. The molecule has 3 rings (SSSR count). The third kappa shape index (κ3) is 8.18. The summed E-state index contributed by atoms with van der Waals surface area (Å²) in [7, 11) is 0. The molecule has 0 saturated carbocycles. The van der Waals surface area contributed by atoms with E-state index >= 15 is 0 Å². The monoisotopic (exact) mass is 478 g/mol. The van der Waals surface area contributed by atoms with E-state index in [0.29, 0.717) is 30.7 Å². The fourth-order valence-electron chi connectivity index (χ4n) is 4.53. The zero-order chi connectivity index (χ0) is 25.4. The van der Waals surface area contributed by atoms with Crippen LogP contribution in [-0.2, 0) is 11.3 Å². The van der Waals surface area contributed by atoms with Crippen molar-refractivity contribution in [1.82, 2.24) is 10.2 Å². The summed E-state index contributed by atoms with van der Waals surface area (Å²) >= 11 is 0. The molecule has 2 aromatic carbocycles. The second-order valence-electron chi connectivity index (χ2n) is 10.3. The van der Waals surface area contributed by atoms with Gasteiger partial charge in [0.2, 0.25) is 0 Å². The van der Waals surface area contributed by atoms with Gasteiger partial charge in [0.15, 0.2) is 0 Å². The number of benzene rings is 2. The number of phenols is 1. The second-order valence-corrected chi connectivity index (χ2v) is 10.3. The summed E-state index contributed by atoms with van der Waals surface area (Å²) in [4.78, 5) is 16.8. The Morgan fingerprint density at radius 3 is 2.54 bits per heavy atom. The van der Waals surface area contributed by atoms with Gasteiger partial charge in [0.05, 0.1) is 11.6 Å². The maximum absolute atomic E-state index is 11.9. The first-order valence-electron chi connectivity index (χ1n) is 12.4. The van der Waals surface area contributed by atoms with Crippen LogP contribution in [-0.4, -0.2) is 53.4 Å². The number of hydrogen-bond donors (Lipinski definition) is 2. The topological polar surface area (TPSA) is 88.8 Å². The summed E-state index contributed by atoms with van der Waals surface area (Å²) in [5, 5.41) is 21.9. The van der Waals surface area contributed by atoms with Gasteiger partial charge in [0.1, 0.15) is 11.4 Å². The summed E-state index contributed by atoms with van der Waals surface area (Å²) in [6.07, 6.45) is 2.53. The molecule has 1 fully saturated rings. The highest BCUT2D eigenvalue weighted by atomic mass is 16.6. The van der Waals surface area contributed by atoms with E-state index in [9.17, 15) is 15.2 Å². The van der Waals surface area contributed by atoms with Crippen LogP contribution in [0.3, 0.4) is 0 Å². The highest BCUT2D eigenvalue weighted by Gasteiger charge is 2.27. The van der Waals surface area contributed by atoms with Crippen molar-refractivity contribution in [2.75, 3.05) is 24.5 Å².